The van der Waals surface area contributed by atoms with Crippen LogP contribution in [0.1, 0.15) is 45.9 Å². The summed E-state index contributed by atoms with van der Waals surface area (Å²) in [5, 5.41) is 3.11. The molecule has 0 bridgehead atoms. The van der Waals surface area contributed by atoms with Crippen LogP contribution in [0.25, 0.3) is 0 Å². The zero-order valence-corrected chi connectivity index (χ0v) is 17.6. The minimum Gasteiger partial charge on any atom is -0.345 e. The van der Waals surface area contributed by atoms with Gasteiger partial charge >= 0.3 is 0 Å². The molecule has 1 aliphatic carbocycles. The van der Waals surface area contributed by atoms with E-state index in [9.17, 15) is 13.2 Å². The molecule has 154 valence electrons. The summed E-state index contributed by atoms with van der Waals surface area (Å²) < 4.78 is 27.6. The van der Waals surface area contributed by atoms with Crippen LogP contribution < -0.4 is 10.0 Å². The molecular formula is C24H24N2O3S. The highest BCUT2D eigenvalue weighted by Gasteiger charge is 2.22. The molecule has 0 fully saturated rings. The number of amides is 1. The van der Waals surface area contributed by atoms with E-state index < -0.39 is 10.0 Å². The number of benzene rings is 3. The summed E-state index contributed by atoms with van der Waals surface area (Å²) in [6.07, 6.45) is 3.00. The van der Waals surface area contributed by atoms with Gasteiger partial charge in [0.2, 0.25) is 0 Å². The van der Waals surface area contributed by atoms with Crippen LogP contribution in [0, 0.1) is 6.92 Å². The van der Waals surface area contributed by atoms with Gasteiger partial charge in [-0.05, 0) is 73.7 Å². The predicted octanol–water partition coefficient (Wildman–Crippen LogP) is 4.60. The lowest BCUT2D eigenvalue weighted by Gasteiger charge is -2.26. The fourth-order valence-electron chi connectivity index (χ4n) is 3.77. The van der Waals surface area contributed by atoms with E-state index in [-0.39, 0.29) is 16.8 Å². The van der Waals surface area contributed by atoms with E-state index in [1.165, 1.54) is 11.1 Å². The minimum atomic E-state index is -3.67. The Morgan fingerprint density at radius 1 is 0.933 bits per heavy atom. The summed E-state index contributed by atoms with van der Waals surface area (Å²) in [6.45, 7) is 1.90. The SMILES string of the molecule is Cc1ccc(S(=O)(=O)Nc2ccc(C(=O)NC3CCCc4ccccc43)cc2)cc1. The number of hydrogen-bond donors (Lipinski definition) is 2. The molecule has 2 N–H and O–H groups in total. The first-order chi connectivity index (χ1) is 14.4. The van der Waals surface area contributed by atoms with E-state index in [0.29, 0.717) is 11.3 Å². The summed E-state index contributed by atoms with van der Waals surface area (Å²) in [6, 6.07) is 21.4. The van der Waals surface area contributed by atoms with Gasteiger partial charge in [-0.1, -0.05) is 42.0 Å². The Morgan fingerprint density at radius 2 is 1.63 bits per heavy atom. The second-order valence-corrected chi connectivity index (χ2v) is 9.30. The lowest BCUT2D eigenvalue weighted by Crippen LogP contribution is -2.30. The van der Waals surface area contributed by atoms with Gasteiger partial charge in [-0.3, -0.25) is 9.52 Å². The van der Waals surface area contributed by atoms with Crippen LogP contribution in [0.4, 0.5) is 5.69 Å². The fourth-order valence-corrected chi connectivity index (χ4v) is 4.83. The second-order valence-electron chi connectivity index (χ2n) is 7.61. The third kappa shape index (κ3) is 4.39. The maximum absolute atomic E-state index is 12.7. The molecule has 1 atom stereocenters. The van der Waals surface area contributed by atoms with Crippen LogP contribution in [-0.2, 0) is 16.4 Å². The Morgan fingerprint density at radius 3 is 2.37 bits per heavy atom. The number of rotatable bonds is 5. The highest BCUT2D eigenvalue weighted by molar-refractivity contribution is 7.92. The van der Waals surface area contributed by atoms with Gasteiger partial charge in [0.05, 0.1) is 10.9 Å². The molecule has 1 aliphatic rings. The van der Waals surface area contributed by atoms with Crippen molar-refractivity contribution in [1.82, 2.24) is 5.32 Å². The number of hydrogen-bond acceptors (Lipinski definition) is 3. The summed E-state index contributed by atoms with van der Waals surface area (Å²) >= 11 is 0. The first kappa shape index (κ1) is 20.2. The number of nitrogens with one attached hydrogen (secondary N) is 2. The maximum Gasteiger partial charge on any atom is 0.261 e. The summed E-state index contributed by atoms with van der Waals surface area (Å²) in [4.78, 5) is 12.9. The normalized spacial score (nSPS) is 15.8. The third-order valence-corrected chi connectivity index (χ3v) is 6.80. The lowest BCUT2D eigenvalue weighted by atomic mass is 9.87. The topological polar surface area (TPSA) is 75.3 Å². The molecule has 0 saturated heterocycles. The van der Waals surface area contributed by atoms with Gasteiger partial charge in [0.1, 0.15) is 0 Å². The maximum atomic E-state index is 12.7. The number of aryl methyl sites for hydroxylation is 2. The smallest absolute Gasteiger partial charge is 0.261 e. The van der Waals surface area contributed by atoms with Crippen LogP contribution in [0.15, 0.2) is 77.7 Å². The van der Waals surface area contributed by atoms with Crippen LogP contribution in [0.3, 0.4) is 0 Å². The van der Waals surface area contributed by atoms with E-state index in [1.807, 2.05) is 19.1 Å². The molecule has 6 heteroatoms. The highest BCUT2D eigenvalue weighted by atomic mass is 32.2. The van der Waals surface area contributed by atoms with E-state index in [4.69, 9.17) is 0 Å². The molecule has 4 rings (SSSR count). The van der Waals surface area contributed by atoms with E-state index in [2.05, 4.69) is 22.2 Å². The molecule has 0 heterocycles. The molecular weight excluding hydrogens is 396 g/mol. The lowest BCUT2D eigenvalue weighted by molar-refractivity contribution is 0.0933. The average Bonchev–Trinajstić information content (AvgIpc) is 2.74. The van der Waals surface area contributed by atoms with Crippen molar-refractivity contribution in [2.75, 3.05) is 4.72 Å². The predicted molar refractivity (Wildman–Crippen MR) is 118 cm³/mol. The fraction of sp³-hybridized carbons (Fsp3) is 0.208. The van der Waals surface area contributed by atoms with Gasteiger partial charge < -0.3 is 5.32 Å². The van der Waals surface area contributed by atoms with Crippen molar-refractivity contribution >= 4 is 21.6 Å². The molecule has 5 nitrogen and oxygen atoms in total. The Bertz CT molecular complexity index is 1150. The number of carbonyl (C=O) groups excluding carboxylic acids is 1. The van der Waals surface area contributed by atoms with Crippen molar-refractivity contribution in [3.8, 4) is 0 Å². The van der Waals surface area contributed by atoms with Crippen molar-refractivity contribution < 1.29 is 13.2 Å². The standard InChI is InChI=1S/C24H24N2O3S/c1-17-9-15-21(16-10-17)30(28,29)26-20-13-11-19(12-14-20)24(27)25-23-8-4-6-18-5-2-3-7-22(18)23/h2-3,5,7,9-16,23,26H,4,6,8H2,1H3,(H,25,27). The molecule has 1 amide bonds. The Balaban J connectivity index is 1.45. The van der Waals surface area contributed by atoms with Gasteiger partial charge in [-0.2, -0.15) is 0 Å². The van der Waals surface area contributed by atoms with E-state index >= 15 is 0 Å². The zero-order valence-electron chi connectivity index (χ0n) is 16.8. The van der Waals surface area contributed by atoms with E-state index in [0.717, 1.165) is 24.8 Å². The Kier molecular flexibility index (Phi) is 5.59. The highest BCUT2D eigenvalue weighted by Crippen LogP contribution is 2.29. The van der Waals surface area contributed by atoms with Crippen LogP contribution in [0.5, 0.6) is 0 Å². The van der Waals surface area contributed by atoms with Crippen LogP contribution in [0.2, 0.25) is 0 Å². The van der Waals surface area contributed by atoms with Crippen LogP contribution >= 0.6 is 0 Å². The van der Waals surface area contributed by atoms with Crippen molar-refractivity contribution in [2.45, 2.75) is 37.1 Å². The average molecular weight is 421 g/mol. The molecule has 3 aromatic rings. The quantitative estimate of drug-likeness (QED) is 0.633. The first-order valence-corrected chi connectivity index (χ1v) is 11.5. The van der Waals surface area contributed by atoms with Gasteiger partial charge in [0.25, 0.3) is 15.9 Å². The first-order valence-electron chi connectivity index (χ1n) is 10.0. The molecule has 1 unspecified atom stereocenters. The molecule has 3 aromatic carbocycles. The monoisotopic (exact) mass is 420 g/mol. The van der Waals surface area contributed by atoms with Gasteiger partial charge in [0, 0.05) is 11.3 Å². The number of sulfonamides is 1. The summed E-state index contributed by atoms with van der Waals surface area (Å²) in [5.41, 5.74) is 4.37. The molecule has 0 radical (unpaired) electrons. The Labute approximate surface area is 177 Å². The van der Waals surface area contributed by atoms with Crippen molar-refractivity contribution in [3.05, 3.63) is 95.1 Å². The number of fused-ring (bicyclic) bond motifs is 1. The molecule has 30 heavy (non-hydrogen) atoms. The third-order valence-electron chi connectivity index (χ3n) is 5.41. The number of carbonyl (C=O) groups is 1. The minimum absolute atomic E-state index is 0.00201. The van der Waals surface area contributed by atoms with Gasteiger partial charge in [0.15, 0.2) is 0 Å². The summed E-state index contributed by atoms with van der Waals surface area (Å²) in [5.74, 6) is -0.162. The molecule has 0 aromatic heterocycles. The molecule has 0 aliphatic heterocycles. The second kappa shape index (κ2) is 8.32. The van der Waals surface area contributed by atoms with Crippen molar-refractivity contribution in [3.63, 3.8) is 0 Å². The van der Waals surface area contributed by atoms with Gasteiger partial charge in [-0.15, -0.1) is 0 Å². The van der Waals surface area contributed by atoms with Crippen LogP contribution in [-0.4, -0.2) is 14.3 Å². The number of anilines is 1. The zero-order chi connectivity index (χ0) is 21.1. The molecule has 0 saturated carbocycles. The van der Waals surface area contributed by atoms with Crippen molar-refractivity contribution in [1.29, 1.82) is 0 Å². The Hall–Kier alpha value is -3.12. The van der Waals surface area contributed by atoms with Gasteiger partial charge in [-0.25, -0.2) is 8.42 Å². The summed E-state index contributed by atoms with van der Waals surface area (Å²) in [7, 11) is -3.67. The van der Waals surface area contributed by atoms with E-state index in [1.54, 1.807) is 48.5 Å². The van der Waals surface area contributed by atoms with Crippen molar-refractivity contribution in [2.24, 2.45) is 0 Å². The largest absolute Gasteiger partial charge is 0.345 e. The molecule has 0 spiro atoms.